The molecule has 1 N–H and O–H groups in total. The van der Waals surface area contributed by atoms with Crippen LogP contribution in [-0.4, -0.2) is 5.91 Å². The molecule has 1 atom stereocenters. The minimum Gasteiger partial charge on any atom is -0.345 e. The number of carbonyl (C=O) groups excluding carboxylic acids is 1. The molecule has 0 aliphatic rings. The summed E-state index contributed by atoms with van der Waals surface area (Å²) in [6, 6.07) is 8.13. The van der Waals surface area contributed by atoms with Gasteiger partial charge in [-0.25, -0.2) is 8.78 Å². The van der Waals surface area contributed by atoms with Crippen LogP contribution in [0, 0.1) is 18.6 Å². The first-order valence-corrected chi connectivity index (χ1v) is 7.19. The Labute approximate surface area is 130 Å². The van der Waals surface area contributed by atoms with Gasteiger partial charge in [0.25, 0.3) is 5.91 Å². The summed E-state index contributed by atoms with van der Waals surface area (Å²) in [6.45, 7) is 3.48. The lowest BCUT2D eigenvalue weighted by molar-refractivity contribution is 0.0938. The van der Waals surface area contributed by atoms with Crippen molar-refractivity contribution in [3.63, 3.8) is 0 Å². The van der Waals surface area contributed by atoms with Crippen LogP contribution in [0.4, 0.5) is 8.78 Å². The van der Waals surface area contributed by atoms with Gasteiger partial charge in [-0.1, -0.05) is 28.1 Å². The normalized spacial score (nSPS) is 12.0. The maximum Gasteiger partial charge on any atom is 0.252 e. The SMILES string of the molecule is Cc1ccc(Br)cc1C(=O)NC(C)c1ccc(F)cc1F. The van der Waals surface area contributed by atoms with E-state index in [1.165, 1.54) is 12.1 Å². The predicted molar refractivity (Wildman–Crippen MR) is 81.1 cm³/mol. The van der Waals surface area contributed by atoms with Gasteiger partial charge in [0, 0.05) is 21.7 Å². The van der Waals surface area contributed by atoms with Crippen LogP contribution < -0.4 is 5.32 Å². The Balaban J connectivity index is 2.20. The van der Waals surface area contributed by atoms with Gasteiger partial charge in [0.15, 0.2) is 0 Å². The zero-order chi connectivity index (χ0) is 15.6. The van der Waals surface area contributed by atoms with E-state index in [1.807, 2.05) is 19.1 Å². The first kappa shape index (κ1) is 15.6. The van der Waals surface area contributed by atoms with Crippen molar-refractivity contribution in [2.45, 2.75) is 19.9 Å². The summed E-state index contributed by atoms with van der Waals surface area (Å²) >= 11 is 3.31. The second kappa shape index (κ2) is 6.35. The minimum atomic E-state index is -0.672. The number of nitrogens with one attached hydrogen (secondary N) is 1. The van der Waals surface area contributed by atoms with Gasteiger partial charge in [-0.2, -0.15) is 0 Å². The van der Waals surface area contributed by atoms with Gasteiger partial charge in [0.1, 0.15) is 11.6 Å². The monoisotopic (exact) mass is 353 g/mol. The van der Waals surface area contributed by atoms with E-state index < -0.39 is 17.7 Å². The highest BCUT2D eigenvalue weighted by atomic mass is 79.9. The van der Waals surface area contributed by atoms with Crippen LogP contribution in [0.25, 0.3) is 0 Å². The fraction of sp³-hybridized carbons (Fsp3) is 0.188. The predicted octanol–water partition coefficient (Wildman–Crippen LogP) is 4.53. The summed E-state index contributed by atoms with van der Waals surface area (Å²) in [4.78, 5) is 12.3. The number of aryl methyl sites for hydroxylation is 1. The molecule has 0 bridgehead atoms. The molecule has 2 aromatic rings. The van der Waals surface area contributed by atoms with Crippen LogP contribution in [0.2, 0.25) is 0 Å². The van der Waals surface area contributed by atoms with Gasteiger partial charge >= 0.3 is 0 Å². The summed E-state index contributed by atoms with van der Waals surface area (Å²) < 4.78 is 27.4. The first-order chi connectivity index (χ1) is 9.88. The zero-order valence-corrected chi connectivity index (χ0v) is 13.2. The van der Waals surface area contributed by atoms with E-state index in [2.05, 4.69) is 21.2 Å². The molecule has 0 aromatic heterocycles. The molecule has 0 aliphatic heterocycles. The fourth-order valence-electron chi connectivity index (χ4n) is 2.04. The highest BCUT2D eigenvalue weighted by Crippen LogP contribution is 2.20. The maximum absolute atomic E-state index is 13.7. The lowest BCUT2D eigenvalue weighted by Crippen LogP contribution is -2.27. The van der Waals surface area contributed by atoms with Crippen LogP contribution in [0.5, 0.6) is 0 Å². The highest BCUT2D eigenvalue weighted by Gasteiger charge is 2.16. The second-order valence-electron chi connectivity index (χ2n) is 4.82. The van der Waals surface area contributed by atoms with Crippen molar-refractivity contribution in [1.29, 1.82) is 0 Å². The van der Waals surface area contributed by atoms with Gasteiger partial charge < -0.3 is 5.32 Å². The molecule has 1 unspecified atom stereocenters. The molecule has 5 heteroatoms. The lowest BCUT2D eigenvalue weighted by Gasteiger charge is -2.16. The van der Waals surface area contributed by atoms with Crippen LogP contribution in [0.1, 0.15) is 34.5 Å². The quantitative estimate of drug-likeness (QED) is 0.862. The maximum atomic E-state index is 13.7. The van der Waals surface area contributed by atoms with E-state index >= 15 is 0 Å². The Morgan fingerprint density at radius 1 is 1.19 bits per heavy atom. The number of carbonyl (C=O) groups is 1. The molecule has 1 amide bonds. The second-order valence-corrected chi connectivity index (χ2v) is 5.74. The number of benzene rings is 2. The van der Waals surface area contributed by atoms with E-state index in [4.69, 9.17) is 0 Å². The van der Waals surface area contributed by atoms with Crippen molar-refractivity contribution in [2.75, 3.05) is 0 Å². The van der Waals surface area contributed by atoms with E-state index in [1.54, 1.807) is 13.0 Å². The number of hydrogen-bond donors (Lipinski definition) is 1. The Hall–Kier alpha value is -1.75. The number of amides is 1. The molecule has 2 rings (SSSR count). The Morgan fingerprint density at radius 3 is 2.57 bits per heavy atom. The number of hydrogen-bond acceptors (Lipinski definition) is 1. The average Bonchev–Trinajstić information content (AvgIpc) is 2.41. The van der Waals surface area contributed by atoms with Crippen molar-refractivity contribution >= 4 is 21.8 Å². The summed E-state index contributed by atoms with van der Waals surface area (Å²) in [5, 5.41) is 2.72. The molecule has 0 saturated carbocycles. The van der Waals surface area contributed by atoms with Crippen molar-refractivity contribution in [3.05, 3.63) is 69.2 Å². The molecule has 0 heterocycles. The van der Waals surface area contributed by atoms with Crippen molar-refractivity contribution in [2.24, 2.45) is 0 Å². The van der Waals surface area contributed by atoms with E-state index in [9.17, 15) is 13.6 Å². The molecular weight excluding hydrogens is 340 g/mol. The number of halogens is 3. The minimum absolute atomic E-state index is 0.248. The molecule has 2 nitrogen and oxygen atoms in total. The molecular formula is C16H14BrF2NO. The molecule has 0 radical (unpaired) electrons. The molecule has 21 heavy (non-hydrogen) atoms. The van der Waals surface area contributed by atoms with Crippen LogP contribution in [0.15, 0.2) is 40.9 Å². The Morgan fingerprint density at radius 2 is 1.90 bits per heavy atom. The summed E-state index contributed by atoms with van der Waals surface area (Å²) in [7, 11) is 0. The fourth-order valence-corrected chi connectivity index (χ4v) is 2.40. The van der Waals surface area contributed by atoms with Crippen molar-refractivity contribution < 1.29 is 13.6 Å². The van der Waals surface area contributed by atoms with Gasteiger partial charge in [-0.05, 0) is 37.6 Å². The van der Waals surface area contributed by atoms with Gasteiger partial charge in [-0.3, -0.25) is 4.79 Å². The van der Waals surface area contributed by atoms with Gasteiger partial charge in [-0.15, -0.1) is 0 Å². The zero-order valence-electron chi connectivity index (χ0n) is 11.6. The molecule has 2 aromatic carbocycles. The smallest absolute Gasteiger partial charge is 0.252 e. The molecule has 0 fully saturated rings. The molecule has 0 saturated heterocycles. The third kappa shape index (κ3) is 3.67. The highest BCUT2D eigenvalue weighted by molar-refractivity contribution is 9.10. The van der Waals surface area contributed by atoms with Crippen molar-refractivity contribution in [1.82, 2.24) is 5.32 Å². The van der Waals surface area contributed by atoms with Gasteiger partial charge in [0.2, 0.25) is 0 Å². The average molecular weight is 354 g/mol. The third-order valence-electron chi connectivity index (χ3n) is 3.22. The molecule has 0 aliphatic carbocycles. The molecule has 110 valence electrons. The summed E-state index contributed by atoms with van der Waals surface area (Å²) in [5.41, 5.74) is 1.58. The largest absolute Gasteiger partial charge is 0.345 e. The summed E-state index contributed by atoms with van der Waals surface area (Å²) in [5.74, 6) is -1.61. The van der Waals surface area contributed by atoms with Crippen molar-refractivity contribution in [3.8, 4) is 0 Å². The lowest BCUT2D eigenvalue weighted by atomic mass is 10.1. The molecule has 0 spiro atoms. The van der Waals surface area contributed by atoms with E-state index in [0.717, 1.165) is 16.1 Å². The number of rotatable bonds is 3. The Kier molecular flexibility index (Phi) is 4.73. The van der Waals surface area contributed by atoms with Crippen LogP contribution in [-0.2, 0) is 0 Å². The van der Waals surface area contributed by atoms with Crippen LogP contribution >= 0.6 is 15.9 Å². The third-order valence-corrected chi connectivity index (χ3v) is 3.71. The van der Waals surface area contributed by atoms with E-state index in [-0.39, 0.29) is 11.5 Å². The Bertz CT molecular complexity index is 688. The first-order valence-electron chi connectivity index (χ1n) is 6.40. The standard InChI is InChI=1S/C16H14BrF2NO/c1-9-3-4-11(17)7-14(9)16(21)20-10(2)13-6-5-12(18)8-15(13)19/h3-8,10H,1-2H3,(H,20,21). The van der Waals surface area contributed by atoms with Gasteiger partial charge in [0.05, 0.1) is 6.04 Å². The van der Waals surface area contributed by atoms with Crippen LogP contribution in [0.3, 0.4) is 0 Å². The summed E-state index contributed by atoms with van der Waals surface area (Å²) in [6.07, 6.45) is 0. The van der Waals surface area contributed by atoms with E-state index in [0.29, 0.717) is 5.56 Å². The topological polar surface area (TPSA) is 29.1 Å².